The van der Waals surface area contributed by atoms with E-state index in [1.54, 1.807) is 25.4 Å². The summed E-state index contributed by atoms with van der Waals surface area (Å²) in [6.45, 7) is 1.93. The monoisotopic (exact) mass is 192 g/mol. The molecule has 14 heavy (non-hydrogen) atoms. The maximum absolute atomic E-state index is 10.8. The van der Waals surface area contributed by atoms with Crippen molar-refractivity contribution in [3.8, 4) is 0 Å². The molecule has 0 bridgehead atoms. The number of nitrogens with one attached hydrogen (secondary N) is 1. The second kappa shape index (κ2) is 5.14. The predicted molar refractivity (Wildman–Crippen MR) is 55.1 cm³/mol. The van der Waals surface area contributed by atoms with Crippen LogP contribution in [0.4, 0.5) is 0 Å². The number of aliphatic hydroxyl groups is 1. The number of aromatic amines is 1. The van der Waals surface area contributed by atoms with Gasteiger partial charge in [0.1, 0.15) is 0 Å². The van der Waals surface area contributed by atoms with Gasteiger partial charge in [-0.2, -0.15) is 0 Å². The molecule has 0 fully saturated rings. The summed E-state index contributed by atoms with van der Waals surface area (Å²) in [5, 5.41) is 8.57. The molecule has 0 atom stereocenters. The van der Waals surface area contributed by atoms with E-state index in [9.17, 15) is 4.79 Å². The van der Waals surface area contributed by atoms with E-state index in [1.165, 1.54) is 6.07 Å². The molecular formula is C10H12N2O2. The average molecular weight is 192 g/mol. The highest BCUT2D eigenvalue weighted by Crippen LogP contribution is 2.04. The van der Waals surface area contributed by atoms with Crippen molar-refractivity contribution in [1.29, 1.82) is 0 Å². The maximum atomic E-state index is 10.8. The highest BCUT2D eigenvalue weighted by Gasteiger charge is 1.90. The van der Waals surface area contributed by atoms with Gasteiger partial charge in [0.15, 0.2) is 0 Å². The van der Waals surface area contributed by atoms with Crippen LogP contribution in [0, 0.1) is 0 Å². The molecule has 2 heterocycles. The zero-order valence-corrected chi connectivity index (χ0v) is 7.90. The summed E-state index contributed by atoms with van der Waals surface area (Å²) < 4.78 is 0. The van der Waals surface area contributed by atoms with E-state index in [2.05, 4.69) is 9.97 Å². The number of hydrogen-bond donors (Lipinski definition) is 2. The Morgan fingerprint density at radius 1 is 1.43 bits per heavy atom. The van der Waals surface area contributed by atoms with Gasteiger partial charge in [0.05, 0.1) is 11.7 Å². The van der Waals surface area contributed by atoms with E-state index < -0.39 is 0 Å². The molecule has 2 aromatic heterocycles. The molecule has 0 aliphatic carbocycles. The van der Waals surface area contributed by atoms with E-state index in [0.29, 0.717) is 0 Å². The van der Waals surface area contributed by atoms with Gasteiger partial charge in [-0.15, -0.1) is 0 Å². The van der Waals surface area contributed by atoms with Gasteiger partial charge in [-0.25, -0.2) is 0 Å². The minimum absolute atomic E-state index is 0.0921. The number of H-pyrrole nitrogens is 1. The van der Waals surface area contributed by atoms with Crippen molar-refractivity contribution in [2.75, 3.05) is 6.61 Å². The third-order valence-corrected chi connectivity index (χ3v) is 1.53. The highest BCUT2D eigenvalue weighted by atomic mass is 16.2. The summed E-state index contributed by atoms with van der Waals surface area (Å²) >= 11 is 0. The van der Waals surface area contributed by atoms with E-state index >= 15 is 0 Å². The molecule has 0 spiro atoms. The minimum Gasteiger partial charge on any atom is -0.397 e. The Hall–Kier alpha value is -1.68. The SMILES string of the molecule is CCO.O=c1ccc2ccncc2[nH]1. The standard InChI is InChI=1S/C8H6N2O.C2H6O/c11-8-2-1-6-3-4-9-5-7(6)10-8;1-2-3/h1-5H,(H,10,11);3H,2H2,1H3. The Labute approximate surface area is 81.2 Å². The van der Waals surface area contributed by atoms with Crippen LogP contribution >= 0.6 is 0 Å². The number of nitrogens with zero attached hydrogens (tertiary/aromatic N) is 1. The number of rotatable bonds is 0. The number of hydrogen-bond acceptors (Lipinski definition) is 3. The molecule has 2 aromatic rings. The predicted octanol–water partition coefficient (Wildman–Crippen LogP) is 0.922. The Balaban J connectivity index is 0.000000293. The molecule has 74 valence electrons. The molecule has 0 aliphatic rings. The lowest BCUT2D eigenvalue weighted by atomic mass is 10.3. The number of pyridine rings is 2. The van der Waals surface area contributed by atoms with Crippen LogP contribution in [0.2, 0.25) is 0 Å². The quantitative estimate of drug-likeness (QED) is 0.652. The van der Waals surface area contributed by atoms with E-state index in [0.717, 1.165) is 10.9 Å². The molecule has 4 heteroatoms. The lowest BCUT2D eigenvalue weighted by Crippen LogP contribution is -2.01. The Bertz CT molecular complexity index is 451. The van der Waals surface area contributed by atoms with Gasteiger partial charge >= 0.3 is 0 Å². The number of fused-ring (bicyclic) bond motifs is 1. The summed E-state index contributed by atoms with van der Waals surface area (Å²) in [6, 6.07) is 5.13. The summed E-state index contributed by atoms with van der Waals surface area (Å²) in [4.78, 5) is 17.4. The van der Waals surface area contributed by atoms with Crippen molar-refractivity contribution in [3.63, 3.8) is 0 Å². The van der Waals surface area contributed by atoms with Crippen molar-refractivity contribution in [3.05, 3.63) is 40.9 Å². The fourth-order valence-corrected chi connectivity index (χ4v) is 0.995. The average Bonchev–Trinajstić information content (AvgIpc) is 2.19. The molecule has 0 aliphatic heterocycles. The summed E-state index contributed by atoms with van der Waals surface area (Å²) in [7, 11) is 0. The van der Waals surface area contributed by atoms with Gasteiger partial charge in [0, 0.05) is 24.3 Å². The van der Waals surface area contributed by atoms with Crippen LogP contribution in [0.3, 0.4) is 0 Å². The van der Waals surface area contributed by atoms with Gasteiger partial charge in [0.25, 0.3) is 0 Å². The summed E-state index contributed by atoms with van der Waals surface area (Å²) in [5.74, 6) is 0. The number of aromatic nitrogens is 2. The van der Waals surface area contributed by atoms with Crippen LogP contribution in [0.15, 0.2) is 35.4 Å². The summed E-state index contributed by atoms with van der Waals surface area (Å²) in [6.07, 6.45) is 3.33. The molecule has 2 N–H and O–H groups in total. The zero-order chi connectivity index (χ0) is 10.4. The van der Waals surface area contributed by atoms with Crippen molar-refractivity contribution in [2.45, 2.75) is 6.92 Å². The van der Waals surface area contributed by atoms with Crippen LogP contribution in [0.1, 0.15) is 6.92 Å². The van der Waals surface area contributed by atoms with Crippen molar-refractivity contribution in [1.82, 2.24) is 9.97 Å². The van der Waals surface area contributed by atoms with Crippen LogP contribution in [0.5, 0.6) is 0 Å². The van der Waals surface area contributed by atoms with Gasteiger partial charge < -0.3 is 10.1 Å². The zero-order valence-electron chi connectivity index (χ0n) is 7.90. The lowest BCUT2D eigenvalue weighted by molar-refractivity contribution is 0.318. The fraction of sp³-hybridized carbons (Fsp3) is 0.200. The first kappa shape index (κ1) is 10.4. The number of aliphatic hydroxyl groups excluding tert-OH is 1. The second-order valence-corrected chi connectivity index (χ2v) is 2.60. The van der Waals surface area contributed by atoms with Gasteiger partial charge in [-0.3, -0.25) is 9.78 Å². The molecule has 0 amide bonds. The van der Waals surface area contributed by atoms with Crippen LogP contribution in [-0.4, -0.2) is 21.7 Å². The van der Waals surface area contributed by atoms with Gasteiger partial charge in [-0.1, -0.05) is 0 Å². The Kier molecular flexibility index (Phi) is 3.82. The highest BCUT2D eigenvalue weighted by molar-refractivity contribution is 5.76. The van der Waals surface area contributed by atoms with Gasteiger partial charge in [0.2, 0.25) is 5.56 Å². The Morgan fingerprint density at radius 3 is 2.86 bits per heavy atom. The molecule has 2 rings (SSSR count). The van der Waals surface area contributed by atoms with Crippen LogP contribution in [-0.2, 0) is 0 Å². The molecule has 0 aromatic carbocycles. The molecule has 0 saturated carbocycles. The van der Waals surface area contributed by atoms with E-state index in [4.69, 9.17) is 5.11 Å². The molecule has 0 saturated heterocycles. The molecular weight excluding hydrogens is 180 g/mol. The molecule has 4 nitrogen and oxygen atoms in total. The molecule has 0 unspecified atom stereocenters. The third kappa shape index (κ3) is 2.67. The van der Waals surface area contributed by atoms with Crippen molar-refractivity contribution in [2.24, 2.45) is 0 Å². The van der Waals surface area contributed by atoms with Crippen molar-refractivity contribution >= 4 is 10.9 Å². The minimum atomic E-state index is -0.0921. The Morgan fingerprint density at radius 2 is 2.14 bits per heavy atom. The second-order valence-electron chi connectivity index (χ2n) is 2.60. The maximum Gasteiger partial charge on any atom is 0.248 e. The normalized spacial score (nSPS) is 9.29. The van der Waals surface area contributed by atoms with Crippen LogP contribution < -0.4 is 5.56 Å². The first-order chi connectivity index (χ1) is 6.77. The van der Waals surface area contributed by atoms with E-state index in [-0.39, 0.29) is 12.2 Å². The smallest absolute Gasteiger partial charge is 0.248 e. The largest absolute Gasteiger partial charge is 0.397 e. The topological polar surface area (TPSA) is 66.0 Å². The first-order valence-corrected chi connectivity index (χ1v) is 4.32. The summed E-state index contributed by atoms with van der Waals surface area (Å²) in [5.41, 5.74) is 0.686. The lowest BCUT2D eigenvalue weighted by Gasteiger charge is -1.92. The van der Waals surface area contributed by atoms with Gasteiger partial charge in [-0.05, 0) is 19.1 Å². The van der Waals surface area contributed by atoms with Crippen LogP contribution in [0.25, 0.3) is 10.9 Å². The molecule has 0 radical (unpaired) electrons. The fourth-order valence-electron chi connectivity index (χ4n) is 0.995. The van der Waals surface area contributed by atoms with E-state index in [1.807, 2.05) is 6.07 Å². The first-order valence-electron chi connectivity index (χ1n) is 4.32. The third-order valence-electron chi connectivity index (χ3n) is 1.53. The van der Waals surface area contributed by atoms with Crippen molar-refractivity contribution < 1.29 is 5.11 Å².